The van der Waals surface area contributed by atoms with Crippen LogP contribution in [0.2, 0.25) is 5.02 Å². The minimum atomic E-state index is -5.70. The third-order valence-electron chi connectivity index (χ3n) is 2.07. The summed E-state index contributed by atoms with van der Waals surface area (Å²) in [5, 5.41) is 0.191. The van der Waals surface area contributed by atoms with Crippen molar-refractivity contribution in [1.29, 1.82) is 0 Å². The Morgan fingerprint density at radius 2 is 1.67 bits per heavy atom. The topological polar surface area (TPSA) is 26.0 Å². The van der Waals surface area contributed by atoms with Gasteiger partial charge in [0, 0.05) is 4.47 Å². The Kier molecular flexibility index (Phi) is 5.86. The van der Waals surface area contributed by atoms with Crippen LogP contribution >= 0.6 is 39.9 Å². The molecular weight excluding hydrogens is 368 g/mol. The second-order valence-electron chi connectivity index (χ2n) is 3.27. The van der Waals surface area contributed by atoms with E-state index in [1.807, 2.05) is 0 Å². The van der Waals surface area contributed by atoms with Gasteiger partial charge in [-0.3, -0.25) is 0 Å². The first-order valence-corrected chi connectivity index (χ1v) is 5.39. The van der Waals surface area contributed by atoms with Gasteiger partial charge in [0.25, 0.3) is 0 Å². The highest BCUT2D eigenvalue weighted by molar-refractivity contribution is 9.10. The molecule has 0 heterocycles. The van der Waals surface area contributed by atoms with Crippen molar-refractivity contribution in [2.75, 3.05) is 0 Å². The van der Waals surface area contributed by atoms with E-state index in [0.717, 1.165) is 12.1 Å². The molecule has 104 valence electrons. The van der Waals surface area contributed by atoms with Crippen LogP contribution in [0.3, 0.4) is 0 Å². The summed E-state index contributed by atoms with van der Waals surface area (Å²) in [5.41, 5.74) is 4.59. The van der Waals surface area contributed by atoms with Crippen LogP contribution in [0.15, 0.2) is 22.7 Å². The van der Waals surface area contributed by atoms with Crippen molar-refractivity contribution in [2.45, 2.75) is 18.1 Å². The summed E-state index contributed by atoms with van der Waals surface area (Å²) < 4.78 is 62.3. The standard InChI is InChI=1S/C9H6BrClF5N.ClH/c10-5-3-4(1-2-6(5)11)7(17)8(12,13)9(14,15)16;/h1-3,7H,17H2;1H/t7-;/m0./s1. The molecule has 0 spiro atoms. The molecule has 0 saturated heterocycles. The Balaban J connectivity index is 0.00000289. The quantitative estimate of drug-likeness (QED) is 0.744. The first kappa shape index (κ1) is 17.9. The molecule has 9 heteroatoms. The van der Waals surface area contributed by atoms with Crippen LogP contribution in [0, 0.1) is 0 Å². The minimum absolute atomic E-state index is 0. The zero-order valence-electron chi connectivity index (χ0n) is 8.44. The molecule has 0 aliphatic rings. The molecule has 18 heavy (non-hydrogen) atoms. The molecule has 1 rings (SSSR count). The normalized spacial score (nSPS) is 14.0. The molecule has 0 aliphatic heterocycles. The average Bonchev–Trinajstić information content (AvgIpc) is 2.19. The van der Waals surface area contributed by atoms with E-state index in [1.54, 1.807) is 0 Å². The largest absolute Gasteiger partial charge is 0.455 e. The van der Waals surface area contributed by atoms with Crippen molar-refractivity contribution < 1.29 is 22.0 Å². The number of benzene rings is 1. The van der Waals surface area contributed by atoms with E-state index in [4.69, 9.17) is 17.3 Å². The molecule has 0 amide bonds. The van der Waals surface area contributed by atoms with Crippen LogP contribution < -0.4 is 5.73 Å². The van der Waals surface area contributed by atoms with Crippen LogP contribution in [-0.4, -0.2) is 12.1 Å². The van der Waals surface area contributed by atoms with Gasteiger partial charge >= 0.3 is 12.1 Å². The van der Waals surface area contributed by atoms with E-state index in [-0.39, 0.29) is 27.5 Å². The number of alkyl halides is 5. The van der Waals surface area contributed by atoms with E-state index in [2.05, 4.69) is 15.9 Å². The predicted octanol–water partition coefficient (Wildman–Crippen LogP) is 4.72. The third-order valence-corrected chi connectivity index (χ3v) is 3.29. The van der Waals surface area contributed by atoms with Gasteiger partial charge in [-0.2, -0.15) is 22.0 Å². The average molecular weight is 375 g/mol. The SMILES string of the molecule is Cl.N[C@@H](c1ccc(Cl)c(Br)c1)C(F)(F)C(F)(F)F. The number of hydrogen-bond donors (Lipinski definition) is 1. The molecule has 0 fully saturated rings. The summed E-state index contributed by atoms with van der Waals surface area (Å²) in [6.45, 7) is 0. The Morgan fingerprint density at radius 3 is 2.06 bits per heavy atom. The Morgan fingerprint density at radius 1 is 1.17 bits per heavy atom. The summed E-state index contributed by atoms with van der Waals surface area (Å²) in [7, 11) is 0. The molecule has 0 bridgehead atoms. The Labute approximate surface area is 119 Å². The van der Waals surface area contributed by atoms with Gasteiger partial charge in [-0.05, 0) is 33.6 Å². The molecule has 0 aliphatic carbocycles. The van der Waals surface area contributed by atoms with Gasteiger partial charge < -0.3 is 5.73 Å². The minimum Gasteiger partial charge on any atom is -0.319 e. The second-order valence-corrected chi connectivity index (χ2v) is 4.53. The van der Waals surface area contributed by atoms with E-state index in [1.165, 1.54) is 6.07 Å². The van der Waals surface area contributed by atoms with E-state index in [0.29, 0.717) is 0 Å². The van der Waals surface area contributed by atoms with E-state index in [9.17, 15) is 22.0 Å². The first-order chi connectivity index (χ1) is 7.57. The van der Waals surface area contributed by atoms with Gasteiger partial charge in [0.1, 0.15) is 6.04 Å². The lowest BCUT2D eigenvalue weighted by molar-refractivity contribution is -0.291. The van der Waals surface area contributed by atoms with Crippen molar-refractivity contribution in [3.05, 3.63) is 33.3 Å². The van der Waals surface area contributed by atoms with Crippen LogP contribution in [0.25, 0.3) is 0 Å². The molecule has 0 aromatic heterocycles. The Hall–Kier alpha value is -0.110. The smallest absolute Gasteiger partial charge is 0.319 e. The molecule has 0 radical (unpaired) electrons. The van der Waals surface area contributed by atoms with Gasteiger partial charge in [0.15, 0.2) is 0 Å². The molecule has 1 nitrogen and oxygen atoms in total. The maximum atomic E-state index is 12.9. The van der Waals surface area contributed by atoms with Crippen LogP contribution in [0.1, 0.15) is 11.6 Å². The maximum Gasteiger partial charge on any atom is 0.455 e. The molecule has 1 aromatic rings. The van der Waals surface area contributed by atoms with Crippen molar-refractivity contribution in [1.82, 2.24) is 0 Å². The maximum absolute atomic E-state index is 12.9. The van der Waals surface area contributed by atoms with Crippen LogP contribution in [0.5, 0.6) is 0 Å². The molecule has 1 atom stereocenters. The Bertz CT molecular complexity index is 424. The van der Waals surface area contributed by atoms with Gasteiger partial charge in [0.2, 0.25) is 0 Å². The second kappa shape index (κ2) is 5.90. The summed E-state index contributed by atoms with van der Waals surface area (Å²) in [6.07, 6.45) is -5.70. The highest BCUT2D eigenvalue weighted by Gasteiger charge is 2.61. The number of rotatable bonds is 2. The lowest BCUT2D eigenvalue weighted by Crippen LogP contribution is -2.45. The van der Waals surface area contributed by atoms with Crippen LogP contribution in [0.4, 0.5) is 22.0 Å². The van der Waals surface area contributed by atoms with Crippen molar-refractivity contribution in [3.63, 3.8) is 0 Å². The molecule has 0 saturated carbocycles. The highest BCUT2D eigenvalue weighted by Crippen LogP contribution is 2.43. The monoisotopic (exact) mass is 373 g/mol. The first-order valence-electron chi connectivity index (χ1n) is 4.22. The molecule has 0 unspecified atom stereocenters. The molecular formula is C9H7BrCl2F5N. The van der Waals surface area contributed by atoms with Crippen LogP contribution in [-0.2, 0) is 0 Å². The fraction of sp³-hybridized carbons (Fsp3) is 0.333. The van der Waals surface area contributed by atoms with Crippen molar-refractivity contribution >= 4 is 39.9 Å². The molecule has 1 aromatic carbocycles. The summed E-state index contributed by atoms with van der Waals surface area (Å²) in [4.78, 5) is 0. The number of hydrogen-bond acceptors (Lipinski definition) is 1. The zero-order chi connectivity index (χ0) is 13.4. The van der Waals surface area contributed by atoms with Crippen molar-refractivity contribution in [2.24, 2.45) is 5.73 Å². The predicted molar refractivity (Wildman–Crippen MR) is 64.3 cm³/mol. The number of nitrogens with two attached hydrogens (primary N) is 1. The fourth-order valence-electron chi connectivity index (χ4n) is 1.09. The highest BCUT2D eigenvalue weighted by atomic mass is 79.9. The fourth-order valence-corrected chi connectivity index (χ4v) is 1.61. The third kappa shape index (κ3) is 3.46. The summed E-state index contributed by atoms with van der Waals surface area (Å²) >= 11 is 8.51. The summed E-state index contributed by atoms with van der Waals surface area (Å²) in [6, 6.07) is 0.772. The van der Waals surface area contributed by atoms with Gasteiger partial charge in [-0.25, -0.2) is 0 Å². The zero-order valence-corrected chi connectivity index (χ0v) is 11.6. The van der Waals surface area contributed by atoms with E-state index < -0.39 is 18.1 Å². The van der Waals surface area contributed by atoms with E-state index >= 15 is 0 Å². The van der Waals surface area contributed by atoms with Gasteiger partial charge in [-0.1, -0.05) is 17.7 Å². The van der Waals surface area contributed by atoms with Gasteiger partial charge in [0.05, 0.1) is 5.02 Å². The lowest BCUT2D eigenvalue weighted by atomic mass is 10.0. The summed E-state index contributed by atoms with van der Waals surface area (Å²) in [5.74, 6) is -5.00. The van der Waals surface area contributed by atoms with Gasteiger partial charge in [-0.15, -0.1) is 12.4 Å². The van der Waals surface area contributed by atoms with Crippen molar-refractivity contribution in [3.8, 4) is 0 Å². The lowest BCUT2D eigenvalue weighted by Gasteiger charge is -2.26. The number of halogens is 8. The molecule has 2 N–H and O–H groups in total.